The summed E-state index contributed by atoms with van der Waals surface area (Å²) in [6, 6.07) is 8.17. The molecule has 1 unspecified atom stereocenters. The highest BCUT2D eigenvalue weighted by molar-refractivity contribution is 7.85. The van der Waals surface area contributed by atoms with Crippen LogP contribution in [0.4, 0.5) is 5.69 Å². The van der Waals surface area contributed by atoms with Crippen molar-refractivity contribution >= 4 is 26.7 Å². The summed E-state index contributed by atoms with van der Waals surface area (Å²) in [5.74, 6) is 0.813. The van der Waals surface area contributed by atoms with E-state index in [-0.39, 0.29) is 12.7 Å². The van der Waals surface area contributed by atoms with Crippen LogP contribution in [0.25, 0.3) is 22.0 Å². The Labute approximate surface area is 205 Å². The largest absolute Gasteiger partial charge is 0.501 e. The number of nitrogens with zero attached hydrogens (tertiary/aromatic N) is 4. The molecule has 186 valence electrons. The topological polar surface area (TPSA) is 95.8 Å². The van der Waals surface area contributed by atoms with E-state index in [1.54, 1.807) is 18.9 Å². The van der Waals surface area contributed by atoms with Crippen molar-refractivity contribution in [2.75, 3.05) is 38.5 Å². The number of aromatic nitrogens is 3. The van der Waals surface area contributed by atoms with Gasteiger partial charge in [0.1, 0.15) is 5.76 Å². The third-order valence-electron chi connectivity index (χ3n) is 5.78. The molecule has 0 bridgehead atoms. The van der Waals surface area contributed by atoms with Gasteiger partial charge >= 0.3 is 0 Å². The lowest BCUT2D eigenvalue weighted by Gasteiger charge is -2.30. The summed E-state index contributed by atoms with van der Waals surface area (Å²) in [6.45, 7) is 0.629. The van der Waals surface area contributed by atoms with Crippen molar-refractivity contribution in [3.8, 4) is 11.1 Å². The van der Waals surface area contributed by atoms with Crippen LogP contribution in [0.1, 0.15) is 12.8 Å². The molecule has 0 fully saturated rings. The summed E-state index contributed by atoms with van der Waals surface area (Å²) in [6.07, 6.45) is 11.7. The zero-order valence-electron chi connectivity index (χ0n) is 20.3. The standard InChI is InChI=1S/C25H30N4O5S/c1-28-17-20(16-27-28)19-10-18-11-21(6-7-25(18)26-15-19)29(8-5-9-34-35(4,30)31)22-12-23(32-2)14-24(13-22)33-3/h6-7,10-13,15-17,23H,5,8-9,14H2,1-4H3. The molecule has 35 heavy (non-hydrogen) atoms. The van der Waals surface area contributed by atoms with Gasteiger partial charge in [0.2, 0.25) is 0 Å². The number of hydrogen-bond donors (Lipinski definition) is 0. The summed E-state index contributed by atoms with van der Waals surface area (Å²) in [5.41, 5.74) is 4.70. The first-order chi connectivity index (χ1) is 16.8. The molecule has 10 heteroatoms. The summed E-state index contributed by atoms with van der Waals surface area (Å²) < 4.78 is 40.7. The molecule has 0 spiro atoms. The number of aryl methyl sites for hydroxylation is 1. The molecule has 1 aliphatic carbocycles. The lowest BCUT2D eigenvalue weighted by molar-refractivity contribution is 0.120. The number of allylic oxidation sites excluding steroid dienone is 1. The average molecular weight is 499 g/mol. The van der Waals surface area contributed by atoms with Crippen LogP contribution in [-0.4, -0.2) is 62.9 Å². The molecule has 2 aromatic heterocycles. The number of pyridine rings is 1. The smallest absolute Gasteiger partial charge is 0.264 e. The van der Waals surface area contributed by atoms with Crippen LogP contribution in [0.2, 0.25) is 0 Å². The van der Waals surface area contributed by atoms with Crippen molar-refractivity contribution in [3.63, 3.8) is 0 Å². The Bertz CT molecular complexity index is 1360. The maximum atomic E-state index is 11.4. The molecule has 4 rings (SSSR count). The summed E-state index contributed by atoms with van der Waals surface area (Å²) in [5, 5.41) is 5.24. The van der Waals surface area contributed by atoms with E-state index in [1.165, 1.54) is 0 Å². The molecule has 0 aliphatic heterocycles. The van der Waals surface area contributed by atoms with E-state index in [9.17, 15) is 8.42 Å². The van der Waals surface area contributed by atoms with E-state index in [1.807, 2.05) is 43.8 Å². The van der Waals surface area contributed by atoms with E-state index in [4.69, 9.17) is 13.7 Å². The third kappa shape index (κ3) is 6.27. The maximum Gasteiger partial charge on any atom is 0.264 e. The van der Waals surface area contributed by atoms with Crippen molar-refractivity contribution in [3.05, 3.63) is 66.5 Å². The second-order valence-corrected chi connectivity index (χ2v) is 10.1. The Morgan fingerprint density at radius 3 is 2.69 bits per heavy atom. The van der Waals surface area contributed by atoms with Gasteiger partial charge in [-0.1, -0.05) is 0 Å². The molecule has 0 amide bonds. The highest BCUT2D eigenvalue weighted by atomic mass is 32.2. The van der Waals surface area contributed by atoms with Gasteiger partial charge in [-0.15, -0.1) is 0 Å². The monoisotopic (exact) mass is 498 g/mol. The van der Waals surface area contributed by atoms with E-state index in [2.05, 4.69) is 33.2 Å². The number of rotatable bonds is 10. The molecule has 9 nitrogen and oxygen atoms in total. The molecular weight excluding hydrogens is 468 g/mol. The van der Waals surface area contributed by atoms with Crippen LogP contribution in [0.15, 0.2) is 66.5 Å². The first kappa shape index (κ1) is 24.9. The van der Waals surface area contributed by atoms with Gasteiger partial charge in [-0.05, 0) is 42.8 Å². The van der Waals surface area contributed by atoms with Crippen LogP contribution in [0, 0.1) is 0 Å². The second kappa shape index (κ2) is 10.6. The molecule has 0 saturated heterocycles. The predicted octanol–water partition coefficient (Wildman–Crippen LogP) is 3.64. The maximum absolute atomic E-state index is 11.4. The van der Waals surface area contributed by atoms with Gasteiger partial charge in [0.05, 0.1) is 37.8 Å². The van der Waals surface area contributed by atoms with Gasteiger partial charge in [0.15, 0.2) is 0 Å². The zero-order valence-corrected chi connectivity index (χ0v) is 21.2. The minimum Gasteiger partial charge on any atom is -0.501 e. The molecule has 1 aliphatic rings. The van der Waals surface area contributed by atoms with Crippen molar-refractivity contribution < 1.29 is 22.1 Å². The van der Waals surface area contributed by atoms with E-state index in [0.717, 1.165) is 45.4 Å². The van der Waals surface area contributed by atoms with Crippen molar-refractivity contribution in [1.29, 1.82) is 0 Å². The van der Waals surface area contributed by atoms with Crippen LogP contribution in [0.5, 0.6) is 0 Å². The van der Waals surface area contributed by atoms with Crippen molar-refractivity contribution in [2.24, 2.45) is 7.05 Å². The first-order valence-electron chi connectivity index (χ1n) is 11.3. The molecule has 3 aromatic rings. The predicted molar refractivity (Wildman–Crippen MR) is 135 cm³/mol. The lowest BCUT2D eigenvalue weighted by Crippen LogP contribution is -2.28. The van der Waals surface area contributed by atoms with E-state index < -0.39 is 10.1 Å². The highest BCUT2D eigenvalue weighted by Gasteiger charge is 2.21. The van der Waals surface area contributed by atoms with Gasteiger partial charge < -0.3 is 14.4 Å². The molecule has 1 atom stereocenters. The summed E-state index contributed by atoms with van der Waals surface area (Å²) >= 11 is 0. The quantitative estimate of drug-likeness (QED) is 0.309. The van der Waals surface area contributed by atoms with Crippen LogP contribution >= 0.6 is 0 Å². The van der Waals surface area contributed by atoms with Crippen LogP contribution in [0.3, 0.4) is 0 Å². The molecule has 1 aromatic carbocycles. The molecule has 2 heterocycles. The van der Waals surface area contributed by atoms with Gasteiger partial charge in [0.25, 0.3) is 10.1 Å². The Hall–Kier alpha value is -3.21. The van der Waals surface area contributed by atoms with Crippen LogP contribution < -0.4 is 4.90 Å². The fourth-order valence-corrected chi connectivity index (χ4v) is 4.46. The fourth-order valence-electron chi connectivity index (χ4n) is 4.04. The van der Waals surface area contributed by atoms with Crippen LogP contribution in [-0.2, 0) is 30.8 Å². The number of hydrogen-bond acceptors (Lipinski definition) is 8. The second-order valence-electron chi connectivity index (χ2n) is 8.42. The van der Waals surface area contributed by atoms with Gasteiger partial charge in [0, 0.05) is 67.4 Å². The number of fused-ring (bicyclic) bond motifs is 1. The first-order valence-corrected chi connectivity index (χ1v) is 13.1. The normalized spacial score (nSPS) is 16.2. The Balaban J connectivity index is 1.70. The Morgan fingerprint density at radius 2 is 2.00 bits per heavy atom. The third-order valence-corrected chi connectivity index (χ3v) is 6.38. The van der Waals surface area contributed by atoms with E-state index >= 15 is 0 Å². The summed E-state index contributed by atoms with van der Waals surface area (Å²) in [4.78, 5) is 6.74. The van der Waals surface area contributed by atoms with Gasteiger partial charge in [-0.2, -0.15) is 13.5 Å². The Morgan fingerprint density at radius 1 is 1.17 bits per heavy atom. The number of methoxy groups -OCH3 is 2. The fraction of sp³-hybridized carbons (Fsp3) is 0.360. The van der Waals surface area contributed by atoms with Crippen molar-refractivity contribution in [2.45, 2.75) is 18.9 Å². The highest BCUT2D eigenvalue weighted by Crippen LogP contribution is 2.31. The minimum absolute atomic E-state index is 0.0947. The molecular formula is C25H30N4O5S. The SMILES string of the molecule is COC1=CC(N(CCCOS(C)(=O)=O)c2ccc3ncc(-c4cnn(C)c4)cc3c2)=CC(OC)C1. The lowest BCUT2D eigenvalue weighted by atomic mass is 10.0. The number of anilines is 1. The van der Waals surface area contributed by atoms with Gasteiger partial charge in [-0.3, -0.25) is 13.8 Å². The Kier molecular flexibility index (Phi) is 7.54. The van der Waals surface area contributed by atoms with Gasteiger partial charge in [-0.25, -0.2) is 0 Å². The van der Waals surface area contributed by atoms with Crippen molar-refractivity contribution in [1.82, 2.24) is 14.8 Å². The molecule has 0 saturated carbocycles. The van der Waals surface area contributed by atoms with E-state index in [0.29, 0.717) is 19.4 Å². The zero-order chi connectivity index (χ0) is 25.0. The molecule has 0 N–H and O–H groups in total. The summed E-state index contributed by atoms with van der Waals surface area (Å²) in [7, 11) is 1.70. The number of benzene rings is 1. The number of ether oxygens (including phenoxy) is 2. The minimum atomic E-state index is -3.50. The molecule has 0 radical (unpaired) electrons. The average Bonchev–Trinajstić information content (AvgIpc) is 3.28.